The quantitative estimate of drug-likeness (QED) is 0.594. The van der Waals surface area contributed by atoms with E-state index in [1.165, 1.54) is 6.92 Å². The van der Waals surface area contributed by atoms with Crippen LogP contribution < -0.4 is 10.6 Å². The van der Waals surface area contributed by atoms with Crippen LogP contribution in [-0.2, 0) is 23.8 Å². The second-order valence-corrected chi connectivity index (χ2v) is 8.13. The molecule has 2 N–H and O–H groups in total. The van der Waals surface area contributed by atoms with Crippen LogP contribution in [0.3, 0.4) is 0 Å². The van der Waals surface area contributed by atoms with Gasteiger partial charge in [-0.1, -0.05) is 13.8 Å². The van der Waals surface area contributed by atoms with E-state index in [0.717, 1.165) is 12.8 Å². The van der Waals surface area contributed by atoms with Crippen LogP contribution >= 0.6 is 0 Å². The first-order valence-electron chi connectivity index (χ1n) is 10.3. The number of carbonyl (C=O) groups excluding carboxylic acids is 3. The molecule has 8 nitrogen and oxygen atoms in total. The average Bonchev–Trinajstić information content (AvgIpc) is 2.59. The van der Waals surface area contributed by atoms with Crippen molar-refractivity contribution >= 4 is 18.0 Å². The van der Waals surface area contributed by atoms with Gasteiger partial charge in [-0.25, -0.2) is 9.59 Å². The van der Waals surface area contributed by atoms with Gasteiger partial charge in [-0.2, -0.15) is 0 Å². The molecule has 0 bridgehead atoms. The fraction of sp³-hybridized carbons (Fsp3) is 0.762. The van der Waals surface area contributed by atoms with Crippen LogP contribution in [-0.4, -0.2) is 54.5 Å². The van der Waals surface area contributed by atoms with Crippen molar-refractivity contribution in [2.24, 2.45) is 0 Å². The Morgan fingerprint density at radius 2 is 1.76 bits per heavy atom. The summed E-state index contributed by atoms with van der Waals surface area (Å²) >= 11 is 0. The summed E-state index contributed by atoms with van der Waals surface area (Å²) < 4.78 is 16.7. The van der Waals surface area contributed by atoms with Crippen molar-refractivity contribution in [3.05, 3.63) is 11.6 Å². The lowest BCUT2D eigenvalue weighted by Crippen LogP contribution is -2.60. The topological polar surface area (TPSA) is 103 Å². The van der Waals surface area contributed by atoms with Crippen LogP contribution in [0.5, 0.6) is 0 Å². The summed E-state index contributed by atoms with van der Waals surface area (Å²) in [6.45, 7) is 12.7. The lowest BCUT2D eigenvalue weighted by Gasteiger charge is -2.38. The Bertz CT molecular complexity index is 607. The molecule has 1 unspecified atom stereocenters. The second kappa shape index (κ2) is 11.2. The molecule has 2 amide bonds. The number of rotatable bonds is 8. The summed E-state index contributed by atoms with van der Waals surface area (Å²) in [5.74, 6) is -0.708. The standard InChI is InChI=1S/C21H36N2O6/c1-8-15(9-2)28-17-12-14(19(25)27-10-3)11-16(18(17)22-13(4)24)23-20(26)29-21(5,6)7/h12,15-18H,8-11H2,1-7H3,(H,22,24)(H,23,26)/t16-,17+,18?/m0/s1. The molecule has 0 heterocycles. The van der Waals surface area contributed by atoms with Gasteiger partial charge in [0.1, 0.15) is 5.60 Å². The van der Waals surface area contributed by atoms with Crippen molar-refractivity contribution in [2.45, 2.75) is 97.6 Å². The Labute approximate surface area is 173 Å². The van der Waals surface area contributed by atoms with Gasteiger partial charge in [0.2, 0.25) is 5.91 Å². The largest absolute Gasteiger partial charge is 0.463 e. The van der Waals surface area contributed by atoms with Crippen LogP contribution in [0.2, 0.25) is 0 Å². The van der Waals surface area contributed by atoms with E-state index in [1.54, 1.807) is 33.8 Å². The molecule has 0 fully saturated rings. The van der Waals surface area contributed by atoms with Gasteiger partial charge in [-0.3, -0.25) is 4.79 Å². The summed E-state index contributed by atoms with van der Waals surface area (Å²) in [6, 6.07) is -1.13. The van der Waals surface area contributed by atoms with Gasteiger partial charge in [0, 0.05) is 18.9 Å². The van der Waals surface area contributed by atoms with Crippen molar-refractivity contribution in [3.8, 4) is 0 Å². The van der Waals surface area contributed by atoms with Crippen LogP contribution in [0.4, 0.5) is 4.79 Å². The molecule has 0 aromatic heterocycles. The second-order valence-electron chi connectivity index (χ2n) is 8.13. The number of hydrogen-bond acceptors (Lipinski definition) is 6. The van der Waals surface area contributed by atoms with E-state index in [0.29, 0.717) is 5.57 Å². The summed E-state index contributed by atoms with van der Waals surface area (Å²) in [5, 5.41) is 5.66. The Morgan fingerprint density at radius 1 is 1.14 bits per heavy atom. The monoisotopic (exact) mass is 412 g/mol. The number of alkyl carbamates (subject to hydrolysis) is 1. The van der Waals surface area contributed by atoms with Crippen molar-refractivity contribution in [1.29, 1.82) is 0 Å². The van der Waals surface area contributed by atoms with Gasteiger partial charge in [0.05, 0.1) is 30.9 Å². The molecule has 1 aliphatic rings. The lowest BCUT2D eigenvalue weighted by atomic mass is 9.87. The first-order chi connectivity index (χ1) is 13.5. The Morgan fingerprint density at radius 3 is 2.24 bits per heavy atom. The molecule has 8 heteroatoms. The maximum absolute atomic E-state index is 12.4. The minimum Gasteiger partial charge on any atom is -0.463 e. The van der Waals surface area contributed by atoms with Crippen molar-refractivity contribution < 1.29 is 28.6 Å². The highest BCUT2D eigenvalue weighted by atomic mass is 16.6. The zero-order valence-corrected chi connectivity index (χ0v) is 18.7. The van der Waals surface area contributed by atoms with Gasteiger partial charge in [-0.05, 0) is 46.6 Å². The van der Waals surface area contributed by atoms with Crippen molar-refractivity contribution in [3.63, 3.8) is 0 Å². The van der Waals surface area contributed by atoms with E-state index in [4.69, 9.17) is 14.2 Å². The first kappa shape index (κ1) is 24.9. The Balaban J connectivity index is 3.20. The van der Waals surface area contributed by atoms with E-state index in [2.05, 4.69) is 10.6 Å². The molecule has 1 aliphatic carbocycles. The number of ether oxygens (including phenoxy) is 3. The first-order valence-corrected chi connectivity index (χ1v) is 10.3. The number of hydrogen-bond donors (Lipinski definition) is 2. The highest BCUT2D eigenvalue weighted by molar-refractivity contribution is 5.89. The molecule has 0 aromatic rings. The normalized spacial score (nSPS) is 21.9. The molecule has 0 aliphatic heterocycles. The number of carbonyl (C=O) groups is 3. The maximum Gasteiger partial charge on any atom is 0.407 e. The van der Waals surface area contributed by atoms with Crippen LogP contribution in [0, 0.1) is 0 Å². The highest BCUT2D eigenvalue weighted by Crippen LogP contribution is 2.25. The van der Waals surface area contributed by atoms with Gasteiger partial charge in [-0.15, -0.1) is 0 Å². The van der Waals surface area contributed by atoms with Crippen LogP contribution in [0.15, 0.2) is 11.6 Å². The molecule has 1 rings (SSSR count). The fourth-order valence-corrected chi connectivity index (χ4v) is 3.18. The minimum absolute atomic E-state index is 0.0452. The molecule has 29 heavy (non-hydrogen) atoms. The maximum atomic E-state index is 12.4. The summed E-state index contributed by atoms with van der Waals surface area (Å²) in [7, 11) is 0. The van der Waals surface area contributed by atoms with Crippen molar-refractivity contribution in [2.75, 3.05) is 6.61 Å². The smallest absolute Gasteiger partial charge is 0.407 e. The van der Waals surface area contributed by atoms with Gasteiger partial charge in [0.15, 0.2) is 0 Å². The predicted octanol–water partition coefficient (Wildman–Crippen LogP) is 2.85. The average molecular weight is 413 g/mol. The molecular weight excluding hydrogens is 376 g/mol. The number of esters is 1. The Hall–Kier alpha value is -2.09. The number of nitrogens with one attached hydrogen (secondary N) is 2. The van der Waals surface area contributed by atoms with E-state index in [9.17, 15) is 14.4 Å². The van der Waals surface area contributed by atoms with E-state index < -0.39 is 35.9 Å². The zero-order chi connectivity index (χ0) is 22.2. The summed E-state index contributed by atoms with van der Waals surface area (Å²) in [6.07, 6.45) is 2.21. The molecule has 0 radical (unpaired) electrons. The van der Waals surface area contributed by atoms with E-state index >= 15 is 0 Å². The van der Waals surface area contributed by atoms with Gasteiger partial charge < -0.3 is 24.8 Å². The molecule has 0 saturated carbocycles. The van der Waals surface area contributed by atoms with E-state index in [-0.39, 0.29) is 25.0 Å². The van der Waals surface area contributed by atoms with E-state index in [1.807, 2.05) is 13.8 Å². The molecule has 0 saturated heterocycles. The molecular formula is C21H36N2O6. The Kier molecular flexibility index (Phi) is 9.62. The minimum atomic E-state index is -0.673. The molecule has 0 spiro atoms. The third-order valence-corrected chi connectivity index (χ3v) is 4.46. The fourth-order valence-electron chi connectivity index (χ4n) is 3.18. The zero-order valence-electron chi connectivity index (χ0n) is 18.7. The molecule has 3 atom stereocenters. The van der Waals surface area contributed by atoms with Crippen LogP contribution in [0.25, 0.3) is 0 Å². The third kappa shape index (κ3) is 8.43. The summed E-state index contributed by atoms with van der Waals surface area (Å²) in [4.78, 5) is 36.6. The number of amides is 2. The van der Waals surface area contributed by atoms with Crippen molar-refractivity contribution in [1.82, 2.24) is 10.6 Å². The lowest BCUT2D eigenvalue weighted by molar-refractivity contribution is -0.139. The third-order valence-electron chi connectivity index (χ3n) is 4.46. The van der Waals surface area contributed by atoms with Gasteiger partial charge in [0.25, 0.3) is 0 Å². The molecule has 0 aromatic carbocycles. The predicted molar refractivity (Wildman–Crippen MR) is 109 cm³/mol. The summed E-state index contributed by atoms with van der Waals surface area (Å²) in [5.41, 5.74) is -0.265. The van der Waals surface area contributed by atoms with Crippen LogP contribution in [0.1, 0.15) is 67.7 Å². The SMILES string of the molecule is CCOC(=O)C1=C[C@@H](OC(CC)CC)C(NC(C)=O)[C@@H](NC(=O)OC(C)(C)C)C1. The van der Waals surface area contributed by atoms with Gasteiger partial charge >= 0.3 is 12.1 Å². The molecule has 166 valence electrons. The highest BCUT2D eigenvalue weighted by Gasteiger charge is 2.39.